The van der Waals surface area contributed by atoms with Gasteiger partial charge in [-0.15, -0.1) is 0 Å². The van der Waals surface area contributed by atoms with Crippen LogP contribution in [0.4, 0.5) is 5.69 Å². The Bertz CT molecular complexity index is 382. The molecule has 1 aromatic rings. The van der Waals surface area contributed by atoms with E-state index < -0.39 is 0 Å². The summed E-state index contributed by atoms with van der Waals surface area (Å²) in [6.45, 7) is 2.22. The van der Waals surface area contributed by atoms with Crippen molar-refractivity contribution in [2.75, 3.05) is 5.32 Å². The molecule has 1 unspecified atom stereocenters. The highest BCUT2D eigenvalue weighted by atomic mass is 16.5. The standard InChI is InChI=1S/C14H19NO/c1-10-9-12-13(15-10)7-4-8-14(12)16-11-5-2-3-6-11/h4,7-8,10-11,15H,2-3,5-6,9H2,1H3. The third-order valence-corrected chi connectivity index (χ3v) is 3.64. The van der Waals surface area contributed by atoms with Crippen LogP contribution in [0.1, 0.15) is 38.2 Å². The number of fused-ring (bicyclic) bond motifs is 1. The Kier molecular flexibility index (Phi) is 2.50. The first kappa shape index (κ1) is 10.0. The highest BCUT2D eigenvalue weighted by Crippen LogP contribution is 2.35. The summed E-state index contributed by atoms with van der Waals surface area (Å²) in [4.78, 5) is 0. The summed E-state index contributed by atoms with van der Waals surface area (Å²) < 4.78 is 6.13. The zero-order chi connectivity index (χ0) is 11.0. The van der Waals surface area contributed by atoms with Crippen molar-refractivity contribution in [2.24, 2.45) is 0 Å². The summed E-state index contributed by atoms with van der Waals surface area (Å²) in [5, 5.41) is 3.48. The second-order valence-electron chi connectivity index (χ2n) is 5.06. The van der Waals surface area contributed by atoms with Crippen molar-refractivity contribution in [1.82, 2.24) is 0 Å². The lowest BCUT2D eigenvalue weighted by molar-refractivity contribution is 0.208. The van der Waals surface area contributed by atoms with Gasteiger partial charge in [-0.1, -0.05) is 6.07 Å². The number of hydrogen-bond acceptors (Lipinski definition) is 2. The Labute approximate surface area is 97.0 Å². The predicted molar refractivity (Wildman–Crippen MR) is 66.1 cm³/mol. The van der Waals surface area contributed by atoms with Gasteiger partial charge in [-0.05, 0) is 51.2 Å². The third-order valence-electron chi connectivity index (χ3n) is 3.64. The van der Waals surface area contributed by atoms with Gasteiger partial charge < -0.3 is 10.1 Å². The molecule has 0 aromatic heterocycles. The van der Waals surface area contributed by atoms with Crippen molar-refractivity contribution in [3.63, 3.8) is 0 Å². The number of benzene rings is 1. The van der Waals surface area contributed by atoms with Crippen molar-refractivity contribution >= 4 is 5.69 Å². The second-order valence-corrected chi connectivity index (χ2v) is 5.06. The summed E-state index contributed by atoms with van der Waals surface area (Å²) in [5.41, 5.74) is 2.64. The SMILES string of the molecule is CC1Cc2c(cccc2OC2CCCC2)N1. The molecular formula is C14H19NO. The van der Waals surface area contributed by atoms with Crippen molar-refractivity contribution in [3.8, 4) is 5.75 Å². The Balaban J connectivity index is 1.82. The Morgan fingerprint density at radius 2 is 2.06 bits per heavy atom. The van der Waals surface area contributed by atoms with Crippen LogP contribution in [0.5, 0.6) is 5.75 Å². The van der Waals surface area contributed by atoms with Gasteiger partial charge in [0.15, 0.2) is 0 Å². The molecule has 1 aromatic carbocycles. The van der Waals surface area contributed by atoms with Gasteiger partial charge in [0, 0.05) is 17.3 Å². The van der Waals surface area contributed by atoms with E-state index in [1.54, 1.807) is 0 Å². The van der Waals surface area contributed by atoms with Crippen LogP contribution in [0.25, 0.3) is 0 Å². The van der Waals surface area contributed by atoms with Crippen LogP contribution in [0.2, 0.25) is 0 Å². The van der Waals surface area contributed by atoms with Crippen LogP contribution in [0.3, 0.4) is 0 Å². The highest BCUT2D eigenvalue weighted by molar-refractivity contribution is 5.62. The van der Waals surface area contributed by atoms with Crippen LogP contribution in [0, 0.1) is 0 Å². The van der Waals surface area contributed by atoms with E-state index in [1.165, 1.54) is 36.9 Å². The van der Waals surface area contributed by atoms with Gasteiger partial charge in [0.05, 0.1) is 6.10 Å². The molecule has 1 heterocycles. The lowest BCUT2D eigenvalue weighted by Gasteiger charge is -2.15. The molecule has 1 fully saturated rings. The van der Waals surface area contributed by atoms with Gasteiger partial charge in [-0.25, -0.2) is 0 Å². The number of rotatable bonds is 2. The number of ether oxygens (including phenoxy) is 1. The summed E-state index contributed by atoms with van der Waals surface area (Å²) in [5.74, 6) is 1.11. The first-order valence-corrected chi connectivity index (χ1v) is 6.38. The Morgan fingerprint density at radius 1 is 1.25 bits per heavy atom. The molecule has 1 atom stereocenters. The molecular weight excluding hydrogens is 198 g/mol. The van der Waals surface area contributed by atoms with Gasteiger partial charge in [0.25, 0.3) is 0 Å². The average molecular weight is 217 g/mol. The van der Waals surface area contributed by atoms with E-state index in [-0.39, 0.29) is 0 Å². The minimum Gasteiger partial charge on any atom is -0.490 e. The summed E-state index contributed by atoms with van der Waals surface area (Å²) in [6.07, 6.45) is 6.67. The fraction of sp³-hybridized carbons (Fsp3) is 0.571. The van der Waals surface area contributed by atoms with Crippen molar-refractivity contribution < 1.29 is 4.74 Å². The summed E-state index contributed by atoms with van der Waals surface area (Å²) in [7, 11) is 0. The molecule has 0 saturated heterocycles. The fourth-order valence-corrected chi connectivity index (χ4v) is 2.83. The molecule has 0 radical (unpaired) electrons. The average Bonchev–Trinajstić information content (AvgIpc) is 2.86. The summed E-state index contributed by atoms with van der Waals surface area (Å²) >= 11 is 0. The van der Waals surface area contributed by atoms with Gasteiger partial charge in [0.2, 0.25) is 0 Å². The van der Waals surface area contributed by atoms with Crippen LogP contribution in [0.15, 0.2) is 18.2 Å². The molecule has 16 heavy (non-hydrogen) atoms. The van der Waals surface area contributed by atoms with E-state index in [1.807, 2.05) is 0 Å². The first-order chi connectivity index (χ1) is 7.83. The Hall–Kier alpha value is -1.18. The molecule has 1 aliphatic carbocycles. The van der Waals surface area contributed by atoms with Gasteiger partial charge >= 0.3 is 0 Å². The maximum absolute atomic E-state index is 6.13. The lowest BCUT2D eigenvalue weighted by atomic mass is 10.1. The zero-order valence-corrected chi connectivity index (χ0v) is 9.83. The quantitative estimate of drug-likeness (QED) is 0.820. The third kappa shape index (κ3) is 1.77. The molecule has 86 valence electrons. The monoisotopic (exact) mass is 217 g/mol. The lowest BCUT2D eigenvalue weighted by Crippen LogP contribution is -2.12. The molecule has 3 rings (SSSR count). The largest absolute Gasteiger partial charge is 0.490 e. The van der Waals surface area contributed by atoms with E-state index >= 15 is 0 Å². The number of hydrogen-bond donors (Lipinski definition) is 1. The van der Waals surface area contributed by atoms with Gasteiger partial charge in [-0.2, -0.15) is 0 Å². The molecule has 0 spiro atoms. The second kappa shape index (κ2) is 4.00. The molecule has 1 saturated carbocycles. The van der Waals surface area contributed by atoms with Crippen LogP contribution < -0.4 is 10.1 Å². The van der Waals surface area contributed by atoms with E-state index in [0.717, 1.165) is 12.2 Å². The van der Waals surface area contributed by atoms with E-state index in [9.17, 15) is 0 Å². The van der Waals surface area contributed by atoms with Crippen molar-refractivity contribution in [2.45, 2.75) is 51.2 Å². The number of nitrogens with one attached hydrogen (secondary N) is 1. The molecule has 0 bridgehead atoms. The molecule has 0 amide bonds. The normalized spacial score (nSPS) is 24.2. The highest BCUT2D eigenvalue weighted by Gasteiger charge is 2.23. The zero-order valence-electron chi connectivity index (χ0n) is 9.83. The van der Waals surface area contributed by atoms with Crippen LogP contribution >= 0.6 is 0 Å². The van der Waals surface area contributed by atoms with Gasteiger partial charge in [0.1, 0.15) is 5.75 Å². The number of anilines is 1. The van der Waals surface area contributed by atoms with Crippen LogP contribution in [-0.2, 0) is 6.42 Å². The van der Waals surface area contributed by atoms with E-state index in [2.05, 4.69) is 30.4 Å². The van der Waals surface area contributed by atoms with E-state index in [0.29, 0.717) is 12.1 Å². The van der Waals surface area contributed by atoms with Crippen molar-refractivity contribution in [3.05, 3.63) is 23.8 Å². The smallest absolute Gasteiger partial charge is 0.125 e. The minimum absolute atomic E-state index is 0.461. The fourth-order valence-electron chi connectivity index (χ4n) is 2.83. The molecule has 1 aliphatic heterocycles. The Morgan fingerprint density at radius 3 is 2.88 bits per heavy atom. The maximum Gasteiger partial charge on any atom is 0.125 e. The molecule has 1 N–H and O–H groups in total. The van der Waals surface area contributed by atoms with Crippen LogP contribution in [-0.4, -0.2) is 12.1 Å². The van der Waals surface area contributed by atoms with Gasteiger partial charge in [-0.3, -0.25) is 0 Å². The maximum atomic E-state index is 6.13. The molecule has 2 nitrogen and oxygen atoms in total. The minimum atomic E-state index is 0.461. The predicted octanol–water partition coefficient (Wildman–Crippen LogP) is 3.36. The first-order valence-electron chi connectivity index (χ1n) is 6.38. The molecule has 2 aliphatic rings. The van der Waals surface area contributed by atoms with Crippen molar-refractivity contribution in [1.29, 1.82) is 0 Å². The van der Waals surface area contributed by atoms with E-state index in [4.69, 9.17) is 4.74 Å². The topological polar surface area (TPSA) is 21.3 Å². The molecule has 2 heteroatoms. The summed E-state index contributed by atoms with van der Waals surface area (Å²) in [6, 6.07) is 6.91.